The van der Waals surface area contributed by atoms with E-state index in [0.717, 1.165) is 36.1 Å². The molecule has 0 radical (unpaired) electrons. The molecule has 1 fully saturated rings. The second kappa shape index (κ2) is 9.22. The lowest BCUT2D eigenvalue weighted by Gasteiger charge is -2.51. The number of nitrogens with zero attached hydrogens (tertiary/aromatic N) is 3. The summed E-state index contributed by atoms with van der Waals surface area (Å²) >= 11 is 0. The van der Waals surface area contributed by atoms with Gasteiger partial charge in [-0.25, -0.2) is 4.79 Å². The van der Waals surface area contributed by atoms with Crippen molar-refractivity contribution in [3.05, 3.63) is 81.4 Å². The summed E-state index contributed by atoms with van der Waals surface area (Å²) in [4.78, 5) is 54.7. The number of carbonyl (C=O) groups excluding carboxylic acids is 3. The van der Waals surface area contributed by atoms with Crippen LogP contribution in [0.15, 0.2) is 60.2 Å². The minimum absolute atomic E-state index is 0.0505. The Labute approximate surface area is 208 Å². The average Bonchev–Trinajstić information content (AvgIpc) is 2.88. The van der Waals surface area contributed by atoms with E-state index < -0.39 is 34.2 Å². The summed E-state index contributed by atoms with van der Waals surface area (Å²) in [6, 6.07) is 12.3. The first-order valence-electron chi connectivity index (χ1n) is 12.2. The molecule has 9 nitrogen and oxygen atoms in total. The number of fused-ring (bicyclic) bond motifs is 1. The van der Waals surface area contributed by atoms with Crippen molar-refractivity contribution in [1.82, 2.24) is 10.2 Å². The number of rotatable bonds is 5. The van der Waals surface area contributed by atoms with Gasteiger partial charge in [-0.05, 0) is 49.3 Å². The molecule has 4 amide bonds. The maximum absolute atomic E-state index is 14.2. The maximum atomic E-state index is 14.2. The zero-order valence-electron chi connectivity index (χ0n) is 20.1. The van der Waals surface area contributed by atoms with Crippen molar-refractivity contribution in [3.63, 3.8) is 0 Å². The molecule has 9 heteroatoms. The zero-order chi connectivity index (χ0) is 25.4. The Morgan fingerprint density at radius 1 is 1.11 bits per heavy atom. The Kier molecular flexibility index (Phi) is 6.07. The molecule has 36 heavy (non-hydrogen) atoms. The zero-order valence-corrected chi connectivity index (χ0v) is 20.1. The van der Waals surface area contributed by atoms with Crippen LogP contribution >= 0.6 is 0 Å². The highest BCUT2D eigenvalue weighted by atomic mass is 16.6. The SMILES string of the molecule is CN1c2ccc([N+](=O)[O-])cc2C[C@]2(C(=O)NC(=O)N(CCC3=CCCCC3)C2=O)[C@@H]1c1ccccc1. The van der Waals surface area contributed by atoms with Crippen molar-refractivity contribution in [1.29, 1.82) is 0 Å². The summed E-state index contributed by atoms with van der Waals surface area (Å²) in [6.45, 7) is 0.179. The minimum Gasteiger partial charge on any atom is -0.366 e. The highest BCUT2D eigenvalue weighted by Gasteiger charge is 2.62. The first-order chi connectivity index (χ1) is 17.3. The van der Waals surface area contributed by atoms with Gasteiger partial charge in [0.05, 0.1) is 11.0 Å². The number of hydrogen-bond donors (Lipinski definition) is 1. The number of urea groups is 1. The number of nitrogens with one attached hydrogen (secondary N) is 1. The van der Waals surface area contributed by atoms with Crippen molar-refractivity contribution >= 4 is 29.2 Å². The highest BCUT2D eigenvalue weighted by Crippen LogP contribution is 2.51. The Hall–Kier alpha value is -4.01. The molecule has 0 unspecified atom stereocenters. The average molecular weight is 489 g/mol. The first kappa shape index (κ1) is 23.7. The third-order valence-electron chi connectivity index (χ3n) is 7.63. The Morgan fingerprint density at radius 2 is 1.89 bits per heavy atom. The Bertz CT molecular complexity index is 1270. The van der Waals surface area contributed by atoms with Crippen LogP contribution in [0.2, 0.25) is 0 Å². The van der Waals surface area contributed by atoms with Crippen LogP contribution in [0.1, 0.15) is 49.3 Å². The van der Waals surface area contributed by atoms with Crippen LogP contribution in [-0.4, -0.2) is 41.3 Å². The lowest BCUT2D eigenvalue weighted by atomic mass is 9.66. The van der Waals surface area contributed by atoms with E-state index in [4.69, 9.17) is 0 Å². The molecule has 0 bridgehead atoms. The molecule has 2 aliphatic heterocycles. The number of nitro groups is 1. The second-order valence-corrected chi connectivity index (χ2v) is 9.72. The number of imide groups is 2. The lowest BCUT2D eigenvalue weighted by Crippen LogP contribution is -2.69. The summed E-state index contributed by atoms with van der Waals surface area (Å²) in [5, 5.41) is 13.9. The summed E-state index contributed by atoms with van der Waals surface area (Å²) < 4.78 is 0. The number of carbonyl (C=O) groups is 3. The largest absolute Gasteiger partial charge is 0.366 e. The summed E-state index contributed by atoms with van der Waals surface area (Å²) in [6.07, 6.45) is 6.86. The predicted octanol–water partition coefficient (Wildman–Crippen LogP) is 4.28. The van der Waals surface area contributed by atoms with Gasteiger partial charge < -0.3 is 4.90 Å². The van der Waals surface area contributed by atoms with E-state index in [1.54, 1.807) is 13.1 Å². The molecule has 2 aromatic rings. The number of nitro benzene ring substituents is 1. The molecule has 2 atom stereocenters. The van der Waals surface area contributed by atoms with Gasteiger partial charge in [-0.3, -0.25) is 29.9 Å². The topological polar surface area (TPSA) is 113 Å². The van der Waals surface area contributed by atoms with E-state index in [2.05, 4.69) is 11.4 Å². The summed E-state index contributed by atoms with van der Waals surface area (Å²) in [5.74, 6) is -1.24. The quantitative estimate of drug-likeness (QED) is 0.291. The van der Waals surface area contributed by atoms with Crippen molar-refractivity contribution in [2.75, 3.05) is 18.5 Å². The molecule has 1 saturated heterocycles. The fraction of sp³-hybridized carbons (Fsp3) is 0.370. The molecule has 2 aromatic carbocycles. The van der Waals surface area contributed by atoms with Gasteiger partial charge in [0.2, 0.25) is 11.8 Å². The number of amides is 4. The van der Waals surface area contributed by atoms with E-state index in [9.17, 15) is 24.5 Å². The van der Waals surface area contributed by atoms with E-state index in [1.807, 2.05) is 35.2 Å². The molecule has 2 heterocycles. The fourth-order valence-electron chi connectivity index (χ4n) is 5.87. The molecular weight excluding hydrogens is 460 g/mol. The van der Waals surface area contributed by atoms with Gasteiger partial charge >= 0.3 is 6.03 Å². The molecule has 1 aliphatic carbocycles. The Morgan fingerprint density at radius 3 is 2.58 bits per heavy atom. The van der Waals surface area contributed by atoms with Crippen molar-refractivity contribution in [3.8, 4) is 0 Å². The normalized spacial score (nSPS) is 23.9. The Balaban J connectivity index is 1.60. The van der Waals surface area contributed by atoms with Gasteiger partial charge in [-0.15, -0.1) is 0 Å². The van der Waals surface area contributed by atoms with Crippen LogP contribution in [0.4, 0.5) is 16.2 Å². The number of benzene rings is 2. The summed E-state index contributed by atoms with van der Waals surface area (Å²) in [5.41, 5.74) is 1.41. The van der Waals surface area contributed by atoms with E-state index in [0.29, 0.717) is 17.7 Å². The van der Waals surface area contributed by atoms with E-state index in [-0.39, 0.29) is 18.7 Å². The van der Waals surface area contributed by atoms with Crippen LogP contribution in [-0.2, 0) is 16.0 Å². The van der Waals surface area contributed by atoms with Gasteiger partial charge in [-0.2, -0.15) is 0 Å². The van der Waals surface area contributed by atoms with E-state index >= 15 is 0 Å². The van der Waals surface area contributed by atoms with Gasteiger partial charge in [0.1, 0.15) is 0 Å². The van der Waals surface area contributed by atoms with Crippen molar-refractivity contribution < 1.29 is 19.3 Å². The smallest absolute Gasteiger partial charge is 0.330 e. The maximum Gasteiger partial charge on any atom is 0.330 e. The third-order valence-corrected chi connectivity index (χ3v) is 7.63. The molecule has 3 aliphatic rings. The molecule has 5 rings (SSSR count). The summed E-state index contributed by atoms with van der Waals surface area (Å²) in [7, 11) is 1.78. The second-order valence-electron chi connectivity index (χ2n) is 9.72. The van der Waals surface area contributed by atoms with Crippen molar-refractivity contribution in [2.24, 2.45) is 5.41 Å². The lowest BCUT2D eigenvalue weighted by molar-refractivity contribution is -0.384. The van der Waals surface area contributed by atoms with Crippen LogP contribution in [0.25, 0.3) is 0 Å². The first-order valence-corrected chi connectivity index (χ1v) is 12.2. The number of allylic oxidation sites excluding steroid dienone is 1. The molecule has 1 N–H and O–H groups in total. The molecule has 0 saturated carbocycles. The monoisotopic (exact) mass is 488 g/mol. The highest BCUT2D eigenvalue weighted by molar-refractivity contribution is 6.20. The number of non-ortho nitro benzene ring substituents is 1. The number of hydrogen-bond acceptors (Lipinski definition) is 6. The van der Waals surface area contributed by atoms with Crippen LogP contribution in [0.3, 0.4) is 0 Å². The fourth-order valence-corrected chi connectivity index (χ4v) is 5.87. The van der Waals surface area contributed by atoms with Crippen molar-refractivity contribution in [2.45, 2.75) is 44.6 Å². The molecule has 186 valence electrons. The number of anilines is 1. The van der Waals surface area contributed by atoms with Gasteiger partial charge in [0.15, 0.2) is 5.41 Å². The minimum atomic E-state index is -1.66. The predicted molar refractivity (Wildman–Crippen MR) is 133 cm³/mol. The molecule has 1 spiro atoms. The molecule has 0 aromatic heterocycles. The van der Waals surface area contributed by atoms with Crippen LogP contribution < -0.4 is 10.2 Å². The van der Waals surface area contributed by atoms with Gasteiger partial charge in [0, 0.05) is 37.8 Å². The van der Waals surface area contributed by atoms with Crippen LogP contribution in [0.5, 0.6) is 0 Å². The molecular formula is C27H28N4O5. The standard InChI is InChI=1S/C27H28N4O5/c1-29-22-13-12-21(31(35)36)16-20(22)17-27(23(29)19-10-6-3-7-11-19)24(32)28-26(34)30(25(27)33)15-14-18-8-4-2-5-9-18/h3,6-8,10-13,16,23H,2,4-5,9,14-15,17H2,1H3,(H,28,32,34)/t23-,27+/m0/s1. The number of barbiturate groups is 1. The van der Waals surface area contributed by atoms with Gasteiger partial charge in [-0.1, -0.05) is 42.0 Å². The van der Waals surface area contributed by atoms with Gasteiger partial charge in [0.25, 0.3) is 5.69 Å². The van der Waals surface area contributed by atoms with E-state index in [1.165, 1.54) is 17.7 Å². The third kappa shape index (κ3) is 3.84. The van der Waals surface area contributed by atoms with Crippen LogP contribution in [0, 0.1) is 15.5 Å².